The zero-order valence-electron chi connectivity index (χ0n) is 11.1. The minimum absolute atomic E-state index is 0.190. The number of hydrogen-bond acceptors (Lipinski definition) is 4. The number of carbonyl (C=O) groups is 1. The summed E-state index contributed by atoms with van der Waals surface area (Å²) in [6, 6.07) is 0. The van der Waals surface area contributed by atoms with Crippen LogP contribution in [0.15, 0.2) is 0 Å². The van der Waals surface area contributed by atoms with Crippen LogP contribution in [-0.4, -0.2) is 45.1 Å². The van der Waals surface area contributed by atoms with Crippen molar-refractivity contribution in [1.82, 2.24) is 15.5 Å². The van der Waals surface area contributed by atoms with Crippen molar-refractivity contribution in [2.45, 2.75) is 39.2 Å². The van der Waals surface area contributed by atoms with E-state index in [1.165, 1.54) is 0 Å². The van der Waals surface area contributed by atoms with Crippen LogP contribution in [0.5, 0.6) is 0 Å². The summed E-state index contributed by atoms with van der Waals surface area (Å²) in [5, 5.41) is 28.1. The van der Waals surface area contributed by atoms with E-state index in [1.807, 2.05) is 13.8 Å². The molecule has 0 aliphatic heterocycles. The van der Waals surface area contributed by atoms with Crippen LogP contribution in [0.4, 0.5) is 0 Å². The van der Waals surface area contributed by atoms with Crippen molar-refractivity contribution in [3.63, 3.8) is 0 Å². The Morgan fingerprint density at radius 2 is 2.00 bits per heavy atom. The second-order valence-electron chi connectivity index (χ2n) is 4.59. The molecule has 0 saturated carbocycles. The standard InChI is InChI=1S/C12H21N3O3/c1-4-12(6-16,7-17)13-11(18)5-10-8(2)14-15-9(10)3/h16-17H,4-7H2,1-3H3,(H,13,18)(H,14,15). The maximum atomic E-state index is 11.9. The van der Waals surface area contributed by atoms with Crippen LogP contribution in [0.3, 0.4) is 0 Å². The minimum atomic E-state index is -0.942. The fourth-order valence-electron chi connectivity index (χ4n) is 1.78. The van der Waals surface area contributed by atoms with Crippen molar-refractivity contribution in [3.8, 4) is 0 Å². The number of aliphatic hydroxyl groups is 2. The van der Waals surface area contributed by atoms with E-state index in [0.29, 0.717) is 6.42 Å². The highest BCUT2D eigenvalue weighted by Gasteiger charge is 2.28. The van der Waals surface area contributed by atoms with Gasteiger partial charge in [-0.25, -0.2) is 0 Å². The van der Waals surface area contributed by atoms with Crippen LogP contribution in [0.2, 0.25) is 0 Å². The van der Waals surface area contributed by atoms with Crippen molar-refractivity contribution in [3.05, 3.63) is 17.0 Å². The SMILES string of the molecule is CCC(CO)(CO)NC(=O)Cc1c(C)n[nH]c1C. The third-order valence-electron chi connectivity index (χ3n) is 3.30. The van der Waals surface area contributed by atoms with Crippen molar-refractivity contribution in [2.24, 2.45) is 0 Å². The molecule has 0 bridgehead atoms. The summed E-state index contributed by atoms with van der Waals surface area (Å²) in [4.78, 5) is 11.9. The molecule has 1 aromatic heterocycles. The molecule has 0 aromatic carbocycles. The quantitative estimate of drug-likeness (QED) is 0.566. The maximum absolute atomic E-state index is 11.9. The highest BCUT2D eigenvalue weighted by Crippen LogP contribution is 2.12. The number of carbonyl (C=O) groups excluding carboxylic acids is 1. The van der Waals surface area contributed by atoms with E-state index in [-0.39, 0.29) is 25.5 Å². The monoisotopic (exact) mass is 255 g/mol. The number of amides is 1. The van der Waals surface area contributed by atoms with E-state index in [4.69, 9.17) is 0 Å². The first-order valence-corrected chi connectivity index (χ1v) is 6.01. The molecule has 0 aliphatic carbocycles. The predicted molar refractivity (Wildman–Crippen MR) is 67.1 cm³/mol. The summed E-state index contributed by atoms with van der Waals surface area (Å²) in [7, 11) is 0. The molecule has 1 aromatic rings. The zero-order chi connectivity index (χ0) is 13.8. The second-order valence-corrected chi connectivity index (χ2v) is 4.59. The average molecular weight is 255 g/mol. The third-order valence-corrected chi connectivity index (χ3v) is 3.30. The molecular weight excluding hydrogens is 234 g/mol. The number of nitrogens with zero attached hydrogens (tertiary/aromatic N) is 1. The van der Waals surface area contributed by atoms with Gasteiger partial charge in [-0.3, -0.25) is 9.89 Å². The normalized spacial score (nSPS) is 11.6. The van der Waals surface area contributed by atoms with Crippen LogP contribution < -0.4 is 5.32 Å². The van der Waals surface area contributed by atoms with Crippen LogP contribution in [0, 0.1) is 13.8 Å². The van der Waals surface area contributed by atoms with Crippen molar-refractivity contribution in [1.29, 1.82) is 0 Å². The van der Waals surface area contributed by atoms with Crippen LogP contribution in [0.1, 0.15) is 30.3 Å². The zero-order valence-corrected chi connectivity index (χ0v) is 11.1. The van der Waals surface area contributed by atoms with Crippen LogP contribution in [-0.2, 0) is 11.2 Å². The van der Waals surface area contributed by atoms with Gasteiger partial charge in [-0.05, 0) is 20.3 Å². The van der Waals surface area contributed by atoms with E-state index in [0.717, 1.165) is 17.0 Å². The molecule has 0 aliphatic rings. The van der Waals surface area contributed by atoms with Gasteiger partial charge in [0, 0.05) is 11.3 Å². The van der Waals surface area contributed by atoms with Gasteiger partial charge in [0.05, 0.1) is 30.9 Å². The first kappa shape index (κ1) is 14.7. The summed E-state index contributed by atoms with van der Waals surface area (Å²) in [6.45, 7) is 4.93. The number of aromatic nitrogens is 2. The molecule has 1 amide bonds. The Balaban J connectivity index is 2.72. The Kier molecular flexibility index (Phi) is 4.86. The number of rotatable bonds is 6. The molecule has 6 heteroatoms. The molecule has 0 radical (unpaired) electrons. The van der Waals surface area contributed by atoms with Crippen LogP contribution in [0.25, 0.3) is 0 Å². The lowest BCUT2D eigenvalue weighted by Crippen LogP contribution is -2.54. The number of aromatic amines is 1. The van der Waals surface area contributed by atoms with Gasteiger partial charge in [-0.2, -0.15) is 5.10 Å². The molecule has 4 N–H and O–H groups in total. The molecule has 0 fully saturated rings. The van der Waals surface area contributed by atoms with E-state index < -0.39 is 5.54 Å². The number of aliphatic hydroxyl groups excluding tert-OH is 2. The third kappa shape index (κ3) is 3.08. The van der Waals surface area contributed by atoms with Gasteiger partial charge in [0.25, 0.3) is 0 Å². The van der Waals surface area contributed by atoms with Crippen molar-refractivity contribution in [2.75, 3.05) is 13.2 Å². The largest absolute Gasteiger partial charge is 0.394 e. The minimum Gasteiger partial charge on any atom is -0.394 e. The number of nitrogens with one attached hydrogen (secondary N) is 2. The van der Waals surface area contributed by atoms with Gasteiger partial charge in [-0.15, -0.1) is 0 Å². The summed E-state index contributed by atoms with van der Waals surface area (Å²) >= 11 is 0. The van der Waals surface area contributed by atoms with Gasteiger partial charge in [-0.1, -0.05) is 6.92 Å². The number of aryl methyl sites for hydroxylation is 2. The van der Waals surface area contributed by atoms with E-state index in [2.05, 4.69) is 15.5 Å². The highest BCUT2D eigenvalue weighted by molar-refractivity contribution is 5.79. The van der Waals surface area contributed by atoms with E-state index in [1.54, 1.807) is 6.92 Å². The summed E-state index contributed by atoms with van der Waals surface area (Å²) < 4.78 is 0. The molecule has 6 nitrogen and oxygen atoms in total. The molecule has 1 rings (SSSR count). The Morgan fingerprint density at radius 3 is 2.39 bits per heavy atom. The van der Waals surface area contributed by atoms with Gasteiger partial charge in [0.1, 0.15) is 0 Å². The van der Waals surface area contributed by atoms with Gasteiger partial charge >= 0.3 is 0 Å². The molecule has 0 spiro atoms. The van der Waals surface area contributed by atoms with Crippen molar-refractivity contribution < 1.29 is 15.0 Å². The molecular formula is C12H21N3O3. The average Bonchev–Trinajstić information content (AvgIpc) is 2.68. The van der Waals surface area contributed by atoms with Gasteiger partial charge in [0.2, 0.25) is 5.91 Å². The fraction of sp³-hybridized carbons (Fsp3) is 0.667. The lowest BCUT2D eigenvalue weighted by molar-refractivity contribution is -0.123. The lowest BCUT2D eigenvalue weighted by atomic mass is 9.97. The molecule has 102 valence electrons. The smallest absolute Gasteiger partial charge is 0.225 e. The number of hydrogen-bond donors (Lipinski definition) is 4. The predicted octanol–water partition coefficient (Wildman–Crippen LogP) is -0.181. The Labute approximate surface area is 106 Å². The first-order valence-electron chi connectivity index (χ1n) is 6.01. The maximum Gasteiger partial charge on any atom is 0.225 e. The molecule has 0 unspecified atom stereocenters. The van der Waals surface area contributed by atoms with Gasteiger partial charge in [0.15, 0.2) is 0 Å². The lowest BCUT2D eigenvalue weighted by Gasteiger charge is -2.29. The molecule has 0 saturated heterocycles. The summed E-state index contributed by atoms with van der Waals surface area (Å²) in [5.41, 5.74) is 1.56. The van der Waals surface area contributed by atoms with Crippen LogP contribution >= 0.6 is 0 Å². The van der Waals surface area contributed by atoms with E-state index >= 15 is 0 Å². The molecule has 18 heavy (non-hydrogen) atoms. The molecule has 0 atom stereocenters. The van der Waals surface area contributed by atoms with E-state index in [9.17, 15) is 15.0 Å². The Morgan fingerprint density at radius 1 is 1.39 bits per heavy atom. The van der Waals surface area contributed by atoms with Gasteiger partial charge < -0.3 is 15.5 Å². The topological polar surface area (TPSA) is 98.2 Å². The number of H-pyrrole nitrogens is 1. The van der Waals surface area contributed by atoms with Crippen molar-refractivity contribution >= 4 is 5.91 Å². The second kappa shape index (κ2) is 5.97. The fourth-order valence-corrected chi connectivity index (χ4v) is 1.78. The highest BCUT2D eigenvalue weighted by atomic mass is 16.3. The summed E-state index contributed by atoms with van der Waals surface area (Å²) in [5.74, 6) is -0.229. The summed E-state index contributed by atoms with van der Waals surface area (Å²) in [6.07, 6.45) is 0.658. The molecule has 1 heterocycles. The Bertz CT molecular complexity index is 383. The Hall–Kier alpha value is -1.40. The first-order chi connectivity index (χ1) is 8.48.